The van der Waals surface area contributed by atoms with Crippen molar-refractivity contribution >= 4 is 11.9 Å². The van der Waals surface area contributed by atoms with Crippen molar-refractivity contribution in [1.29, 1.82) is 0 Å². The average Bonchev–Trinajstić information content (AvgIpc) is 3.49. The molecule has 1 saturated heterocycles. The summed E-state index contributed by atoms with van der Waals surface area (Å²) in [5.74, 6) is 0.713. The molecule has 2 aliphatic rings. The van der Waals surface area contributed by atoms with Gasteiger partial charge in [0, 0.05) is 38.1 Å². The van der Waals surface area contributed by atoms with Crippen molar-refractivity contribution < 1.29 is 9.18 Å². The molecule has 0 atom stereocenters. The predicted octanol–water partition coefficient (Wildman–Crippen LogP) is 1.62. The molecule has 1 heterocycles. The summed E-state index contributed by atoms with van der Waals surface area (Å²) in [6, 6.07) is 7.28. The maximum Gasteiger partial charge on any atom is 0.233 e. The van der Waals surface area contributed by atoms with E-state index in [0.29, 0.717) is 19.1 Å². The minimum absolute atomic E-state index is 0.0126. The number of amides is 1. The second-order valence-corrected chi connectivity index (χ2v) is 7.85. The van der Waals surface area contributed by atoms with Gasteiger partial charge >= 0.3 is 0 Å². The van der Waals surface area contributed by atoms with E-state index in [1.807, 2.05) is 6.07 Å². The Balaban J connectivity index is 1.55. The molecule has 0 spiro atoms. The Labute approximate surface area is 167 Å². The molecule has 0 radical (unpaired) electrons. The number of hydrogen-bond donors (Lipinski definition) is 3. The number of benzene rings is 1. The van der Waals surface area contributed by atoms with E-state index < -0.39 is 0 Å². The topological polar surface area (TPSA) is 68.8 Å². The summed E-state index contributed by atoms with van der Waals surface area (Å²) in [6.07, 6.45) is 4.07. The third kappa shape index (κ3) is 5.44. The number of rotatable bonds is 7. The first-order valence-electron chi connectivity index (χ1n) is 10.3. The zero-order valence-corrected chi connectivity index (χ0v) is 16.9. The van der Waals surface area contributed by atoms with Crippen LogP contribution in [-0.2, 0) is 10.2 Å². The van der Waals surface area contributed by atoms with Crippen LogP contribution >= 0.6 is 0 Å². The Bertz CT molecular complexity index is 696. The normalized spacial score (nSPS) is 19.9. The highest BCUT2D eigenvalue weighted by Crippen LogP contribution is 2.48. The molecule has 6 nitrogen and oxygen atoms in total. The van der Waals surface area contributed by atoms with Crippen molar-refractivity contribution in [2.45, 2.75) is 44.1 Å². The molecular weight excluding hydrogens is 357 g/mol. The largest absolute Gasteiger partial charge is 0.358 e. The lowest BCUT2D eigenvalue weighted by molar-refractivity contribution is -0.122. The van der Waals surface area contributed by atoms with Gasteiger partial charge in [-0.2, -0.15) is 0 Å². The van der Waals surface area contributed by atoms with E-state index in [9.17, 15) is 9.18 Å². The number of halogens is 1. The number of carbonyl (C=O) groups is 1. The van der Waals surface area contributed by atoms with Crippen LogP contribution in [0.4, 0.5) is 4.39 Å². The quantitative estimate of drug-likeness (QED) is 0.490. The lowest BCUT2D eigenvalue weighted by Crippen LogP contribution is -2.50. The molecular formula is C21H32FN5O. The van der Waals surface area contributed by atoms with Crippen LogP contribution in [0.25, 0.3) is 0 Å². The standard InChI is InChI=1S/C21H32FN5O/c1-3-24-20(26-18-7-11-27(12-8-18)14-19(28)23-2)25-15-21(9-10-21)16-5-4-6-17(22)13-16/h4-6,13,18H,3,7-12,14-15H2,1-2H3,(H,23,28)(H2,24,25,26). The first kappa shape index (κ1) is 20.6. The highest BCUT2D eigenvalue weighted by atomic mass is 19.1. The number of likely N-dealkylation sites (N-methyl/N-ethyl adjacent to an activating group) is 1. The number of guanidine groups is 1. The van der Waals surface area contributed by atoms with Crippen LogP contribution in [0.2, 0.25) is 0 Å². The monoisotopic (exact) mass is 389 g/mol. The van der Waals surface area contributed by atoms with Gasteiger partial charge in [0.2, 0.25) is 5.91 Å². The summed E-state index contributed by atoms with van der Waals surface area (Å²) in [5.41, 5.74) is 1.04. The molecule has 28 heavy (non-hydrogen) atoms. The lowest BCUT2D eigenvalue weighted by Gasteiger charge is -2.32. The summed E-state index contributed by atoms with van der Waals surface area (Å²) in [4.78, 5) is 18.5. The van der Waals surface area contributed by atoms with E-state index in [2.05, 4.69) is 27.8 Å². The molecule has 3 N–H and O–H groups in total. The molecule has 7 heteroatoms. The zero-order chi connectivity index (χ0) is 20.0. The molecule has 0 unspecified atom stereocenters. The van der Waals surface area contributed by atoms with Crippen LogP contribution in [0.3, 0.4) is 0 Å². The van der Waals surface area contributed by atoms with Crippen LogP contribution in [0.15, 0.2) is 29.3 Å². The molecule has 2 fully saturated rings. The Kier molecular flexibility index (Phi) is 6.88. The van der Waals surface area contributed by atoms with Crippen LogP contribution in [-0.4, -0.2) is 62.6 Å². The zero-order valence-electron chi connectivity index (χ0n) is 16.9. The number of carbonyl (C=O) groups excluding carboxylic acids is 1. The SMILES string of the molecule is CCNC(=NCC1(c2cccc(F)c2)CC1)NC1CCN(CC(=O)NC)CC1. The van der Waals surface area contributed by atoms with E-state index in [1.165, 1.54) is 6.07 Å². The average molecular weight is 390 g/mol. The van der Waals surface area contributed by atoms with Gasteiger partial charge in [0.25, 0.3) is 0 Å². The molecule has 1 saturated carbocycles. The van der Waals surface area contributed by atoms with E-state index >= 15 is 0 Å². The van der Waals surface area contributed by atoms with Gasteiger partial charge in [0.1, 0.15) is 5.82 Å². The number of likely N-dealkylation sites (tertiary alicyclic amines) is 1. The van der Waals surface area contributed by atoms with E-state index in [0.717, 1.165) is 56.8 Å². The number of nitrogens with zero attached hydrogens (tertiary/aromatic N) is 2. The van der Waals surface area contributed by atoms with Gasteiger partial charge in [-0.05, 0) is 50.3 Å². The fourth-order valence-electron chi connectivity index (χ4n) is 3.77. The van der Waals surface area contributed by atoms with Crippen LogP contribution in [0, 0.1) is 5.82 Å². The molecule has 0 aromatic heterocycles. The van der Waals surface area contributed by atoms with E-state index in [-0.39, 0.29) is 17.1 Å². The first-order valence-corrected chi connectivity index (χ1v) is 10.3. The second kappa shape index (κ2) is 9.37. The molecule has 1 amide bonds. The Morgan fingerprint density at radius 2 is 2.07 bits per heavy atom. The number of hydrogen-bond acceptors (Lipinski definition) is 3. The smallest absolute Gasteiger partial charge is 0.233 e. The van der Waals surface area contributed by atoms with Crippen molar-refractivity contribution in [1.82, 2.24) is 20.9 Å². The van der Waals surface area contributed by atoms with Gasteiger partial charge in [-0.25, -0.2) is 4.39 Å². The molecule has 0 bridgehead atoms. The van der Waals surface area contributed by atoms with Crippen molar-refractivity contribution in [2.75, 3.05) is 39.8 Å². The highest BCUT2D eigenvalue weighted by molar-refractivity contribution is 5.80. The van der Waals surface area contributed by atoms with Crippen LogP contribution in [0.1, 0.15) is 38.2 Å². The maximum absolute atomic E-state index is 13.6. The number of piperidine rings is 1. The number of nitrogens with one attached hydrogen (secondary N) is 3. The maximum atomic E-state index is 13.6. The van der Waals surface area contributed by atoms with Gasteiger partial charge < -0.3 is 16.0 Å². The van der Waals surface area contributed by atoms with Crippen molar-refractivity contribution in [3.63, 3.8) is 0 Å². The summed E-state index contributed by atoms with van der Waals surface area (Å²) < 4.78 is 13.6. The lowest BCUT2D eigenvalue weighted by atomic mass is 9.96. The predicted molar refractivity (Wildman–Crippen MR) is 110 cm³/mol. The Morgan fingerprint density at radius 3 is 2.68 bits per heavy atom. The Morgan fingerprint density at radius 1 is 1.32 bits per heavy atom. The third-order valence-electron chi connectivity index (χ3n) is 5.75. The van der Waals surface area contributed by atoms with Gasteiger partial charge in [-0.3, -0.25) is 14.7 Å². The summed E-state index contributed by atoms with van der Waals surface area (Å²) in [5, 5.41) is 9.56. The molecule has 3 rings (SSSR count). The van der Waals surface area contributed by atoms with Gasteiger partial charge in [-0.1, -0.05) is 12.1 Å². The summed E-state index contributed by atoms with van der Waals surface area (Å²) >= 11 is 0. The minimum Gasteiger partial charge on any atom is -0.358 e. The molecule has 1 aliphatic heterocycles. The molecule has 1 aliphatic carbocycles. The highest BCUT2D eigenvalue weighted by Gasteiger charge is 2.44. The van der Waals surface area contributed by atoms with Gasteiger partial charge in [0.05, 0.1) is 13.1 Å². The van der Waals surface area contributed by atoms with Crippen molar-refractivity contribution in [3.05, 3.63) is 35.6 Å². The second-order valence-electron chi connectivity index (χ2n) is 7.85. The van der Waals surface area contributed by atoms with Gasteiger partial charge in [-0.15, -0.1) is 0 Å². The van der Waals surface area contributed by atoms with Crippen molar-refractivity contribution in [2.24, 2.45) is 4.99 Å². The van der Waals surface area contributed by atoms with Gasteiger partial charge in [0.15, 0.2) is 5.96 Å². The van der Waals surface area contributed by atoms with E-state index in [4.69, 9.17) is 4.99 Å². The molecule has 154 valence electrons. The van der Waals surface area contributed by atoms with Crippen molar-refractivity contribution in [3.8, 4) is 0 Å². The minimum atomic E-state index is -0.179. The first-order chi connectivity index (χ1) is 13.5. The van der Waals surface area contributed by atoms with E-state index in [1.54, 1.807) is 19.2 Å². The van der Waals surface area contributed by atoms with Crippen LogP contribution < -0.4 is 16.0 Å². The fraction of sp³-hybridized carbons (Fsp3) is 0.619. The fourth-order valence-corrected chi connectivity index (χ4v) is 3.77. The summed E-state index contributed by atoms with van der Waals surface area (Å²) in [7, 11) is 1.67. The summed E-state index contributed by atoms with van der Waals surface area (Å²) in [6.45, 7) is 5.79. The Hall–Kier alpha value is -2.15. The molecule has 1 aromatic carbocycles. The van der Waals surface area contributed by atoms with Crippen LogP contribution in [0.5, 0.6) is 0 Å². The molecule has 1 aromatic rings. The third-order valence-corrected chi connectivity index (χ3v) is 5.75. The number of aliphatic imine (C=N–C) groups is 1.